The third kappa shape index (κ3) is 4.25. The molecule has 26 heavy (non-hydrogen) atoms. The summed E-state index contributed by atoms with van der Waals surface area (Å²) in [5.41, 5.74) is 10.2. The Balaban J connectivity index is 2.39. The molecule has 2 aromatic rings. The summed E-state index contributed by atoms with van der Waals surface area (Å²) in [7, 11) is 0. The summed E-state index contributed by atoms with van der Waals surface area (Å²) in [5.74, 6) is -1.66. The van der Waals surface area contributed by atoms with E-state index >= 15 is 0 Å². The lowest BCUT2D eigenvalue weighted by Gasteiger charge is -2.14. The Morgan fingerprint density at radius 3 is 2.58 bits per heavy atom. The molecule has 2 rings (SSSR count). The molecule has 1 atom stereocenters. The molecule has 4 N–H and O–H groups in total. The van der Waals surface area contributed by atoms with Crippen LogP contribution < -0.4 is 11.5 Å². The van der Waals surface area contributed by atoms with Crippen LogP contribution in [0.1, 0.15) is 12.0 Å². The maximum atomic E-state index is 14.1. The number of carbonyl (C=O) groups excluding carboxylic acids is 2. The van der Waals surface area contributed by atoms with Crippen LogP contribution in [0.25, 0.3) is 10.9 Å². The first kappa shape index (κ1) is 19.6. The minimum absolute atomic E-state index is 0.128. The second kappa shape index (κ2) is 8.08. The Morgan fingerprint density at radius 2 is 1.96 bits per heavy atom. The number of aromatic nitrogens is 1. The van der Waals surface area contributed by atoms with Crippen LogP contribution in [0.4, 0.5) is 18.0 Å². The van der Waals surface area contributed by atoms with E-state index in [1.807, 2.05) is 0 Å². The fourth-order valence-electron chi connectivity index (χ4n) is 2.09. The smallest absolute Gasteiger partial charge is 0.405 e. The lowest BCUT2D eigenvalue weighted by atomic mass is 10.2. The molecule has 0 aliphatic heterocycles. The predicted octanol–water partition coefficient (Wildman–Crippen LogP) is 2.40. The largest absolute Gasteiger partial charge is 0.438 e. The van der Waals surface area contributed by atoms with Gasteiger partial charge in [-0.05, 0) is 18.2 Å². The number of amidine groups is 1. The van der Waals surface area contributed by atoms with Crippen molar-refractivity contribution in [3.8, 4) is 0 Å². The molecule has 12 heteroatoms. The van der Waals surface area contributed by atoms with Crippen molar-refractivity contribution in [3.63, 3.8) is 0 Å². The van der Waals surface area contributed by atoms with E-state index in [0.717, 1.165) is 0 Å². The first-order chi connectivity index (χ1) is 12.2. The number of fused-ring (bicyclic) bond motifs is 1. The molecule has 1 aromatic carbocycles. The number of hydrogen-bond acceptors (Lipinski definition) is 5. The maximum absolute atomic E-state index is 14.1. The first-order valence-electron chi connectivity index (χ1n) is 6.90. The van der Waals surface area contributed by atoms with Gasteiger partial charge in [-0.15, -0.1) is 0 Å². The SMILES string of the molecule is NC(=O)OCC(=O)ON=C(N)c1cc2c(Br)cccc2n1C(F)C(F)F. The second-order valence-corrected chi connectivity index (χ2v) is 5.68. The summed E-state index contributed by atoms with van der Waals surface area (Å²) >= 11 is 3.23. The van der Waals surface area contributed by atoms with Gasteiger partial charge in [0.2, 0.25) is 6.30 Å². The van der Waals surface area contributed by atoms with E-state index in [4.69, 9.17) is 5.73 Å². The average molecular weight is 437 g/mol. The topological polar surface area (TPSA) is 122 Å². The quantitative estimate of drug-likeness (QED) is 0.311. The molecule has 1 amide bonds. The lowest BCUT2D eigenvalue weighted by molar-refractivity contribution is -0.146. The van der Waals surface area contributed by atoms with E-state index in [1.54, 1.807) is 6.07 Å². The summed E-state index contributed by atoms with van der Waals surface area (Å²) in [6, 6.07) is 5.87. The zero-order valence-electron chi connectivity index (χ0n) is 12.9. The van der Waals surface area contributed by atoms with Crippen LogP contribution >= 0.6 is 15.9 Å². The molecule has 8 nitrogen and oxygen atoms in total. The van der Waals surface area contributed by atoms with Crippen molar-refractivity contribution in [2.75, 3.05) is 6.61 Å². The van der Waals surface area contributed by atoms with E-state index in [9.17, 15) is 22.8 Å². The Hall–Kier alpha value is -2.76. The van der Waals surface area contributed by atoms with Gasteiger partial charge in [-0.25, -0.2) is 22.8 Å². The summed E-state index contributed by atoms with van der Waals surface area (Å²) in [4.78, 5) is 26.1. The summed E-state index contributed by atoms with van der Waals surface area (Å²) < 4.78 is 45.3. The van der Waals surface area contributed by atoms with Gasteiger partial charge >= 0.3 is 12.1 Å². The zero-order chi connectivity index (χ0) is 19.4. The number of oxime groups is 1. The molecule has 0 aliphatic rings. The molecule has 0 aliphatic carbocycles. The van der Waals surface area contributed by atoms with Crippen molar-refractivity contribution in [1.29, 1.82) is 0 Å². The van der Waals surface area contributed by atoms with E-state index in [2.05, 4.69) is 36.4 Å². The lowest BCUT2D eigenvalue weighted by Crippen LogP contribution is -2.24. The average Bonchev–Trinajstić information content (AvgIpc) is 2.97. The van der Waals surface area contributed by atoms with Crippen LogP contribution in [-0.2, 0) is 14.4 Å². The monoisotopic (exact) mass is 436 g/mol. The highest BCUT2D eigenvalue weighted by Crippen LogP contribution is 2.32. The fraction of sp³-hybridized carbons (Fsp3) is 0.214. The standard InChI is InChI=1S/C14H12BrF3N4O4/c15-7-2-1-3-8-6(7)4-9(22(8)12(18)11(16)17)13(19)21-26-10(23)5-25-14(20)24/h1-4,11-12H,5H2,(H2,19,21)(H2,20,24). The number of carbonyl (C=O) groups is 2. The number of benzene rings is 1. The molecular formula is C14H12BrF3N4O4. The van der Waals surface area contributed by atoms with Crippen molar-refractivity contribution in [3.05, 3.63) is 34.4 Å². The Morgan fingerprint density at radius 1 is 1.27 bits per heavy atom. The number of nitrogens with two attached hydrogens (primary N) is 2. The van der Waals surface area contributed by atoms with Crippen LogP contribution in [0.15, 0.2) is 33.9 Å². The van der Waals surface area contributed by atoms with E-state index in [-0.39, 0.29) is 11.2 Å². The van der Waals surface area contributed by atoms with Gasteiger partial charge in [0, 0.05) is 9.86 Å². The van der Waals surface area contributed by atoms with Crippen LogP contribution in [-0.4, -0.2) is 35.5 Å². The summed E-state index contributed by atoms with van der Waals surface area (Å²) in [6.07, 6.45) is -7.25. The van der Waals surface area contributed by atoms with Crippen molar-refractivity contribution < 1.29 is 32.3 Å². The number of nitrogens with zero attached hydrogens (tertiary/aromatic N) is 2. The molecule has 0 radical (unpaired) electrons. The fourth-order valence-corrected chi connectivity index (χ4v) is 2.56. The van der Waals surface area contributed by atoms with Gasteiger partial charge in [0.1, 0.15) is 0 Å². The molecule has 140 valence electrons. The van der Waals surface area contributed by atoms with Crippen LogP contribution in [0.2, 0.25) is 0 Å². The number of primary amides is 1. The Labute approximate surface area is 152 Å². The third-order valence-corrected chi connectivity index (χ3v) is 3.82. The van der Waals surface area contributed by atoms with Gasteiger partial charge in [0.25, 0.3) is 6.43 Å². The Kier molecular flexibility index (Phi) is 6.08. The highest BCUT2D eigenvalue weighted by molar-refractivity contribution is 9.10. The molecule has 1 aromatic heterocycles. The number of halogens is 4. The summed E-state index contributed by atoms with van der Waals surface area (Å²) in [6.45, 7) is -0.830. The first-order valence-corrected chi connectivity index (χ1v) is 7.69. The highest BCUT2D eigenvalue weighted by Gasteiger charge is 2.27. The van der Waals surface area contributed by atoms with Gasteiger partial charge in [-0.1, -0.05) is 27.2 Å². The minimum Gasteiger partial charge on any atom is -0.438 e. The molecule has 0 saturated carbocycles. The molecule has 0 fully saturated rings. The van der Waals surface area contributed by atoms with E-state index < -0.39 is 37.2 Å². The number of ether oxygens (including phenoxy) is 1. The molecule has 0 bridgehead atoms. The van der Waals surface area contributed by atoms with Gasteiger partial charge in [-0.2, -0.15) is 0 Å². The maximum Gasteiger partial charge on any atom is 0.405 e. The van der Waals surface area contributed by atoms with Crippen molar-refractivity contribution >= 4 is 44.7 Å². The number of amides is 1. The Bertz CT molecular complexity index is 871. The summed E-state index contributed by atoms with van der Waals surface area (Å²) in [5, 5.41) is 3.66. The molecule has 0 saturated heterocycles. The normalized spacial score (nSPS) is 13.0. The van der Waals surface area contributed by atoms with Crippen molar-refractivity contribution in [1.82, 2.24) is 4.57 Å². The minimum atomic E-state index is -3.33. The van der Waals surface area contributed by atoms with Gasteiger partial charge < -0.3 is 25.6 Å². The number of rotatable bonds is 6. The van der Waals surface area contributed by atoms with Crippen molar-refractivity contribution in [2.45, 2.75) is 12.7 Å². The number of hydrogen-bond donors (Lipinski definition) is 2. The second-order valence-electron chi connectivity index (χ2n) is 4.83. The molecular weight excluding hydrogens is 425 g/mol. The predicted molar refractivity (Wildman–Crippen MR) is 88.1 cm³/mol. The molecule has 1 unspecified atom stereocenters. The van der Waals surface area contributed by atoms with E-state index in [1.165, 1.54) is 18.2 Å². The van der Waals surface area contributed by atoms with Gasteiger partial charge in [-0.3, -0.25) is 0 Å². The van der Waals surface area contributed by atoms with Crippen LogP contribution in [0, 0.1) is 0 Å². The van der Waals surface area contributed by atoms with Gasteiger partial charge in [0.15, 0.2) is 12.4 Å². The van der Waals surface area contributed by atoms with Crippen LogP contribution in [0.3, 0.4) is 0 Å². The molecule has 1 heterocycles. The number of alkyl halides is 3. The van der Waals surface area contributed by atoms with E-state index in [0.29, 0.717) is 14.4 Å². The zero-order valence-corrected chi connectivity index (χ0v) is 14.5. The highest BCUT2D eigenvalue weighted by atomic mass is 79.9. The van der Waals surface area contributed by atoms with Crippen molar-refractivity contribution in [2.24, 2.45) is 16.6 Å². The third-order valence-electron chi connectivity index (χ3n) is 3.13. The van der Waals surface area contributed by atoms with Crippen LogP contribution in [0.5, 0.6) is 0 Å². The molecule has 0 spiro atoms. The van der Waals surface area contributed by atoms with Gasteiger partial charge in [0.05, 0.1) is 11.2 Å².